The van der Waals surface area contributed by atoms with Crippen molar-refractivity contribution in [1.29, 1.82) is 0 Å². The zero-order chi connectivity index (χ0) is 10.8. The first kappa shape index (κ1) is 11.4. The van der Waals surface area contributed by atoms with Gasteiger partial charge >= 0.3 is 5.97 Å². The Bertz CT molecular complexity index is 214. The quantitative estimate of drug-likeness (QED) is 0.728. The van der Waals surface area contributed by atoms with E-state index in [1.54, 1.807) is 0 Å². The summed E-state index contributed by atoms with van der Waals surface area (Å²) in [6.45, 7) is 1.20. The minimum atomic E-state index is -1.38. The summed E-state index contributed by atoms with van der Waals surface area (Å²) in [5, 5.41) is 9.13. The highest BCUT2D eigenvalue weighted by atomic mass is 19.1. The Kier molecular flexibility index (Phi) is 3.48. The number of rotatable bonds is 4. The molecule has 3 N–H and O–H groups in total. The Morgan fingerprint density at radius 2 is 2.14 bits per heavy atom. The number of nitrogens with two attached hydrogens (primary N) is 1. The van der Waals surface area contributed by atoms with E-state index in [-0.39, 0.29) is 12.5 Å². The lowest BCUT2D eigenvalue weighted by Crippen LogP contribution is -2.50. The van der Waals surface area contributed by atoms with Gasteiger partial charge in [-0.1, -0.05) is 12.8 Å². The predicted molar refractivity (Wildman–Crippen MR) is 51.7 cm³/mol. The normalized spacial score (nSPS) is 24.5. The minimum absolute atomic E-state index is 0.0926. The van der Waals surface area contributed by atoms with Crippen LogP contribution in [-0.2, 0) is 4.79 Å². The highest BCUT2D eigenvalue weighted by Gasteiger charge is 2.50. The monoisotopic (exact) mass is 203 g/mol. The highest BCUT2D eigenvalue weighted by Crippen LogP contribution is 2.43. The van der Waals surface area contributed by atoms with Crippen LogP contribution in [0.25, 0.3) is 0 Å². The SMILES string of the molecule is CC(F)C(CN)(C(=O)O)C1CCCC1. The average Bonchev–Trinajstić information content (AvgIpc) is 2.58. The van der Waals surface area contributed by atoms with Crippen LogP contribution < -0.4 is 5.73 Å². The number of hydrogen-bond acceptors (Lipinski definition) is 2. The van der Waals surface area contributed by atoms with Crippen molar-refractivity contribution in [1.82, 2.24) is 0 Å². The molecule has 2 atom stereocenters. The second kappa shape index (κ2) is 4.26. The lowest BCUT2D eigenvalue weighted by atomic mass is 9.71. The molecule has 1 saturated carbocycles. The van der Waals surface area contributed by atoms with E-state index in [1.807, 2.05) is 0 Å². The molecule has 1 fully saturated rings. The standard InChI is InChI=1S/C10H18FNO2/c1-7(11)10(6-12,9(13)14)8-4-2-3-5-8/h7-8H,2-6,12H2,1H3,(H,13,14). The van der Waals surface area contributed by atoms with E-state index in [0.717, 1.165) is 25.7 Å². The molecule has 4 heteroatoms. The second-order valence-corrected chi connectivity index (χ2v) is 4.15. The van der Waals surface area contributed by atoms with Crippen molar-refractivity contribution >= 4 is 5.97 Å². The van der Waals surface area contributed by atoms with Crippen molar-refractivity contribution in [2.75, 3.05) is 6.54 Å². The number of carboxylic acid groups (broad SMARTS) is 1. The van der Waals surface area contributed by atoms with E-state index < -0.39 is 17.6 Å². The van der Waals surface area contributed by atoms with E-state index >= 15 is 0 Å². The zero-order valence-electron chi connectivity index (χ0n) is 8.50. The Morgan fingerprint density at radius 1 is 1.64 bits per heavy atom. The fourth-order valence-electron chi connectivity index (χ4n) is 2.53. The fourth-order valence-corrected chi connectivity index (χ4v) is 2.53. The Balaban J connectivity index is 2.93. The van der Waals surface area contributed by atoms with Crippen LogP contribution in [0.2, 0.25) is 0 Å². The summed E-state index contributed by atoms with van der Waals surface area (Å²) >= 11 is 0. The van der Waals surface area contributed by atoms with Crippen molar-refractivity contribution in [2.45, 2.75) is 38.8 Å². The van der Waals surface area contributed by atoms with Gasteiger partial charge in [0.1, 0.15) is 11.6 Å². The summed E-state index contributed by atoms with van der Waals surface area (Å²) in [6, 6.07) is 0. The van der Waals surface area contributed by atoms with Gasteiger partial charge in [-0.2, -0.15) is 0 Å². The lowest BCUT2D eigenvalue weighted by molar-refractivity contribution is -0.156. The van der Waals surface area contributed by atoms with Crippen molar-refractivity contribution in [3.8, 4) is 0 Å². The molecule has 0 bridgehead atoms. The van der Waals surface area contributed by atoms with Crippen LogP contribution in [0.5, 0.6) is 0 Å². The number of aliphatic carboxylic acids is 1. The van der Waals surface area contributed by atoms with Crippen LogP contribution in [0, 0.1) is 11.3 Å². The maximum Gasteiger partial charge on any atom is 0.314 e. The zero-order valence-corrected chi connectivity index (χ0v) is 8.50. The molecule has 1 rings (SSSR count). The predicted octanol–water partition coefficient (Wildman–Crippen LogP) is 1.56. The van der Waals surface area contributed by atoms with Gasteiger partial charge in [0.15, 0.2) is 0 Å². The smallest absolute Gasteiger partial charge is 0.314 e. The lowest BCUT2D eigenvalue weighted by Gasteiger charge is -2.35. The molecule has 0 heterocycles. The van der Waals surface area contributed by atoms with Gasteiger partial charge in [0.05, 0.1) is 0 Å². The number of alkyl halides is 1. The largest absolute Gasteiger partial charge is 0.481 e. The van der Waals surface area contributed by atoms with Crippen LogP contribution in [0.4, 0.5) is 4.39 Å². The molecular formula is C10H18FNO2. The third-order valence-corrected chi connectivity index (χ3v) is 3.53. The maximum atomic E-state index is 13.5. The number of carbonyl (C=O) groups is 1. The van der Waals surface area contributed by atoms with Gasteiger partial charge in [0.25, 0.3) is 0 Å². The van der Waals surface area contributed by atoms with Crippen molar-refractivity contribution in [3.05, 3.63) is 0 Å². The van der Waals surface area contributed by atoms with Crippen LogP contribution >= 0.6 is 0 Å². The summed E-state index contributed by atoms with van der Waals surface area (Å²) in [5.41, 5.74) is 4.12. The number of halogens is 1. The molecule has 82 valence electrons. The first-order valence-electron chi connectivity index (χ1n) is 5.13. The molecule has 0 spiro atoms. The third kappa shape index (κ3) is 1.63. The molecular weight excluding hydrogens is 185 g/mol. The van der Waals surface area contributed by atoms with Gasteiger partial charge in [-0.25, -0.2) is 4.39 Å². The van der Waals surface area contributed by atoms with Gasteiger partial charge in [0.2, 0.25) is 0 Å². The van der Waals surface area contributed by atoms with E-state index in [4.69, 9.17) is 10.8 Å². The molecule has 0 radical (unpaired) electrons. The average molecular weight is 203 g/mol. The molecule has 0 aromatic heterocycles. The minimum Gasteiger partial charge on any atom is -0.481 e. The Morgan fingerprint density at radius 3 is 2.43 bits per heavy atom. The molecule has 0 aromatic carbocycles. The maximum absolute atomic E-state index is 13.5. The van der Waals surface area contributed by atoms with Crippen LogP contribution in [0.1, 0.15) is 32.6 Å². The fraction of sp³-hybridized carbons (Fsp3) is 0.900. The number of hydrogen-bond donors (Lipinski definition) is 2. The first-order valence-corrected chi connectivity index (χ1v) is 5.13. The summed E-state index contributed by atoms with van der Waals surface area (Å²) in [4.78, 5) is 11.2. The summed E-state index contributed by atoms with van der Waals surface area (Å²) < 4.78 is 13.5. The van der Waals surface area contributed by atoms with Gasteiger partial charge in [-0.3, -0.25) is 4.79 Å². The second-order valence-electron chi connectivity index (χ2n) is 4.15. The molecule has 1 aliphatic carbocycles. The molecule has 3 nitrogen and oxygen atoms in total. The molecule has 0 saturated heterocycles. The van der Waals surface area contributed by atoms with Gasteiger partial charge in [-0.15, -0.1) is 0 Å². The van der Waals surface area contributed by atoms with Gasteiger partial charge in [-0.05, 0) is 25.7 Å². The first-order chi connectivity index (χ1) is 6.55. The Labute approximate surface area is 83.5 Å². The van der Waals surface area contributed by atoms with Crippen molar-refractivity contribution < 1.29 is 14.3 Å². The molecule has 14 heavy (non-hydrogen) atoms. The van der Waals surface area contributed by atoms with Crippen LogP contribution in [0.3, 0.4) is 0 Å². The van der Waals surface area contributed by atoms with Gasteiger partial charge < -0.3 is 10.8 Å². The highest BCUT2D eigenvalue weighted by molar-refractivity contribution is 5.76. The van der Waals surface area contributed by atoms with E-state index in [1.165, 1.54) is 6.92 Å². The molecule has 0 amide bonds. The van der Waals surface area contributed by atoms with Crippen molar-refractivity contribution in [2.24, 2.45) is 17.1 Å². The van der Waals surface area contributed by atoms with E-state index in [0.29, 0.717) is 0 Å². The third-order valence-electron chi connectivity index (χ3n) is 3.53. The molecule has 0 aliphatic heterocycles. The molecule has 2 unspecified atom stereocenters. The number of carboxylic acids is 1. The summed E-state index contributed by atoms with van der Waals surface area (Å²) in [6.07, 6.45) is 2.18. The van der Waals surface area contributed by atoms with Crippen LogP contribution in [-0.4, -0.2) is 23.8 Å². The van der Waals surface area contributed by atoms with Crippen LogP contribution in [0.15, 0.2) is 0 Å². The molecule has 1 aliphatic rings. The molecule has 0 aromatic rings. The van der Waals surface area contributed by atoms with Gasteiger partial charge in [0, 0.05) is 6.54 Å². The van der Waals surface area contributed by atoms with Crippen molar-refractivity contribution in [3.63, 3.8) is 0 Å². The summed E-state index contributed by atoms with van der Waals surface area (Å²) in [7, 11) is 0. The summed E-state index contributed by atoms with van der Waals surface area (Å²) in [5.74, 6) is -1.17. The topological polar surface area (TPSA) is 63.3 Å². The Hall–Kier alpha value is -0.640. The van der Waals surface area contributed by atoms with E-state index in [2.05, 4.69) is 0 Å². The van der Waals surface area contributed by atoms with E-state index in [9.17, 15) is 9.18 Å².